The Balaban J connectivity index is 2.09. The van der Waals surface area contributed by atoms with Crippen LogP contribution in [0.5, 0.6) is 0 Å². The highest BCUT2D eigenvalue weighted by molar-refractivity contribution is 7.85. The molecule has 1 aromatic rings. The number of fused-ring (bicyclic) bond motifs is 1. The molecule has 4 nitrogen and oxygen atoms in total. The van der Waals surface area contributed by atoms with Gasteiger partial charge in [0.25, 0.3) is 0 Å². The van der Waals surface area contributed by atoms with Crippen molar-refractivity contribution in [2.75, 3.05) is 26.3 Å². The van der Waals surface area contributed by atoms with Crippen LogP contribution in [0.4, 0.5) is 18.9 Å². The summed E-state index contributed by atoms with van der Waals surface area (Å²) >= 11 is 5.96. The molecule has 0 N–H and O–H groups in total. The van der Waals surface area contributed by atoms with Crippen molar-refractivity contribution in [1.29, 1.82) is 0 Å². The summed E-state index contributed by atoms with van der Waals surface area (Å²) in [6, 6.07) is 4.66. The van der Waals surface area contributed by atoms with E-state index < -0.39 is 22.9 Å². The fourth-order valence-corrected chi connectivity index (χ4v) is 4.09. The molecule has 0 radical (unpaired) electrons. The van der Waals surface area contributed by atoms with Crippen molar-refractivity contribution in [2.24, 2.45) is 9.36 Å². The lowest BCUT2D eigenvalue weighted by Crippen LogP contribution is -2.39. The Morgan fingerprint density at radius 2 is 1.95 bits per heavy atom. The zero-order valence-corrected chi connectivity index (χ0v) is 12.3. The van der Waals surface area contributed by atoms with E-state index in [1.54, 1.807) is 6.07 Å². The summed E-state index contributed by atoms with van der Waals surface area (Å²) in [5.41, 5.74) is 0.275. The van der Waals surface area contributed by atoms with Gasteiger partial charge in [-0.3, -0.25) is 0 Å². The number of hydrogen-bond acceptors (Lipinski definition) is 4. The number of aliphatic imine (C=N–C) groups is 1. The van der Waals surface area contributed by atoms with Crippen LogP contribution in [-0.2, 0) is 15.6 Å². The second kappa shape index (κ2) is 5.68. The molecule has 1 atom stereocenters. The number of nitrogens with zero attached hydrogens (tertiary/aromatic N) is 3. The molecule has 21 heavy (non-hydrogen) atoms. The lowest BCUT2D eigenvalue weighted by atomic mass is 10.3. The number of hydrogen-bond donors (Lipinski definition) is 0. The minimum atomic E-state index is -4.56. The molecule has 1 fully saturated rings. The Morgan fingerprint density at radius 3 is 2.62 bits per heavy atom. The smallest absolute Gasteiger partial charge is 0.379 e. The topological polar surface area (TPSA) is 37.2 Å². The Hall–Kier alpha value is -0.960. The first-order chi connectivity index (χ1) is 9.95. The van der Waals surface area contributed by atoms with Crippen LogP contribution in [0.3, 0.4) is 0 Å². The summed E-state index contributed by atoms with van der Waals surface area (Å²) in [5, 5.41) is 0.459. The predicted molar refractivity (Wildman–Crippen MR) is 75.1 cm³/mol. The SMILES string of the molecule is FC(F)(F)C1=Nc2ccc(Cl)cc2S(N2CCOCC2)=N1. The molecule has 9 heteroatoms. The molecule has 2 aliphatic heterocycles. The van der Waals surface area contributed by atoms with Crippen LogP contribution >= 0.6 is 11.6 Å². The van der Waals surface area contributed by atoms with Gasteiger partial charge in [-0.2, -0.15) is 17.5 Å². The highest BCUT2D eigenvalue weighted by Crippen LogP contribution is 2.35. The van der Waals surface area contributed by atoms with E-state index >= 15 is 0 Å². The minimum absolute atomic E-state index is 0.275. The molecule has 2 heterocycles. The lowest BCUT2D eigenvalue weighted by Gasteiger charge is -2.30. The minimum Gasteiger partial charge on any atom is -0.379 e. The molecule has 0 spiro atoms. The Kier molecular flexibility index (Phi) is 4.04. The average molecular weight is 338 g/mol. The standard InChI is InChI=1S/C12H11ClF3N3OS/c13-8-1-2-9-10(7-8)21(19-3-5-20-6-4-19)18-11(17-9)12(14,15)16/h1-2,7H,3-6H2. The van der Waals surface area contributed by atoms with Crippen molar-refractivity contribution in [1.82, 2.24) is 4.31 Å². The average Bonchev–Trinajstić information content (AvgIpc) is 2.46. The Morgan fingerprint density at radius 1 is 1.24 bits per heavy atom. The highest BCUT2D eigenvalue weighted by atomic mass is 35.5. The number of alkyl halides is 3. The number of halogens is 4. The third-order valence-corrected chi connectivity index (χ3v) is 5.14. The van der Waals surface area contributed by atoms with E-state index in [1.807, 2.05) is 4.31 Å². The normalized spacial score (nSPS) is 23.2. The molecular formula is C12H11ClF3N3OS. The fraction of sp³-hybridized carbons (Fsp3) is 0.417. The van der Waals surface area contributed by atoms with E-state index in [9.17, 15) is 13.2 Å². The van der Waals surface area contributed by atoms with Gasteiger partial charge in [0.15, 0.2) is 0 Å². The third-order valence-electron chi connectivity index (χ3n) is 2.99. The van der Waals surface area contributed by atoms with Crippen LogP contribution in [-0.4, -0.2) is 42.6 Å². The van der Waals surface area contributed by atoms with Gasteiger partial charge in [0.1, 0.15) is 0 Å². The first-order valence-electron chi connectivity index (χ1n) is 6.19. The van der Waals surface area contributed by atoms with E-state index in [2.05, 4.69) is 9.36 Å². The van der Waals surface area contributed by atoms with Crippen LogP contribution < -0.4 is 0 Å². The van der Waals surface area contributed by atoms with Crippen LogP contribution in [0.2, 0.25) is 5.02 Å². The molecule has 0 saturated carbocycles. The van der Waals surface area contributed by atoms with Crippen molar-refractivity contribution in [3.8, 4) is 0 Å². The molecule has 1 aromatic carbocycles. The molecule has 114 valence electrons. The summed E-state index contributed by atoms with van der Waals surface area (Å²) in [6.07, 6.45) is -4.56. The van der Waals surface area contributed by atoms with E-state index in [1.165, 1.54) is 12.1 Å². The molecule has 0 aliphatic carbocycles. The first-order valence-corrected chi connectivity index (χ1v) is 7.71. The first kappa shape index (κ1) is 15.0. The summed E-state index contributed by atoms with van der Waals surface area (Å²) in [6.45, 7) is 2.02. The maximum Gasteiger partial charge on any atom is 0.452 e. The second-order valence-corrected chi connectivity index (χ2v) is 6.55. The second-order valence-electron chi connectivity index (χ2n) is 4.44. The van der Waals surface area contributed by atoms with Gasteiger partial charge in [0, 0.05) is 29.0 Å². The summed E-state index contributed by atoms with van der Waals surface area (Å²) in [5.74, 6) is -1.09. The van der Waals surface area contributed by atoms with Crippen molar-refractivity contribution in [2.45, 2.75) is 11.1 Å². The number of ether oxygens (including phenoxy) is 1. The van der Waals surface area contributed by atoms with Gasteiger partial charge in [0.05, 0.1) is 23.8 Å². The van der Waals surface area contributed by atoms with Crippen molar-refractivity contribution in [3.05, 3.63) is 23.2 Å². The molecule has 0 aromatic heterocycles. The van der Waals surface area contributed by atoms with E-state index in [4.69, 9.17) is 16.3 Å². The maximum atomic E-state index is 13.0. The van der Waals surface area contributed by atoms with Crippen LogP contribution in [0.25, 0.3) is 0 Å². The molecule has 0 amide bonds. The quantitative estimate of drug-likeness (QED) is 0.788. The molecular weight excluding hydrogens is 327 g/mol. The van der Waals surface area contributed by atoms with Crippen molar-refractivity contribution < 1.29 is 17.9 Å². The zero-order chi connectivity index (χ0) is 15.0. The summed E-state index contributed by atoms with van der Waals surface area (Å²) in [7, 11) is -1.05. The van der Waals surface area contributed by atoms with Gasteiger partial charge in [-0.25, -0.2) is 9.30 Å². The number of rotatable bonds is 1. The fourth-order valence-electron chi connectivity index (χ4n) is 2.02. The molecule has 2 aliphatic rings. The Bertz CT molecular complexity index is 627. The van der Waals surface area contributed by atoms with Gasteiger partial charge < -0.3 is 4.74 Å². The van der Waals surface area contributed by atoms with Crippen LogP contribution in [0.1, 0.15) is 0 Å². The van der Waals surface area contributed by atoms with E-state index in [-0.39, 0.29) is 5.69 Å². The van der Waals surface area contributed by atoms with Gasteiger partial charge in [-0.15, -0.1) is 0 Å². The van der Waals surface area contributed by atoms with E-state index in [0.717, 1.165) is 0 Å². The van der Waals surface area contributed by atoms with Crippen molar-refractivity contribution in [3.63, 3.8) is 0 Å². The van der Waals surface area contributed by atoms with E-state index in [0.29, 0.717) is 36.2 Å². The van der Waals surface area contributed by atoms with Crippen LogP contribution in [0.15, 0.2) is 32.4 Å². The van der Waals surface area contributed by atoms with Gasteiger partial charge in [-0.05, 0) is 18.2 Å². The largest absolute Gasteiger partial charge is 0.452 e. The Labute approximate surface area is 126 Å². The monoisotopic (exact) mass is 337 g/mol. The number of morpholine rings is 1. The highest BCUT2D eigenvalue weighted by Gasteiger charge is 2.39. The predicted octanol–water partition coefficient (Wildman–Crippen LogP) is 3.35. The molecule has 1 unspecified atom stereocenters. The lowest BCUT2D eigenvalue weighted by molar-refractivity contribution is -0.0596. The number of benzene rings is 1. The maximum absolute atomic E-state index is 13.0. The van der Waals surface area contributed by atoms with Gasteiger partial charge in [0.2, 0.25) is 5.84 Å². The van der Waals surface area contributed by atoms with Crippen molar-refractivity contribution >= 4 is 34.0 Å². The molecule has 3 rings (SSSR count). The van der Waals surface area contributed by atoms with Gasteiger partial charge >= 0.3 is 6.18 Å². The molecule has 0 bridgehead atoms. The third kappa shape index (κ3) is 3.13. The van der Waals surface area contributed by atoms with Gasteiger partial charge in [-0.1, -0.05) is 11.6 Å². The molecule has 1 saturated heterocycles. The summed E-state index contributed by atoms with van der Waals surface area (Å²) in [4.78, 5) is 4.24. The summed E-state index contributed by atoms with van der Waals surface area (Å²) < 4.78 is 49.8. The zero-order valence-electron chi connectivity index (χ0n) is 10.7. The number of amidine groups is 1. The van der Waals surface area contributed by atoms with Crippen LogP contribution in [0, 0.1) is 0 Å².